The van der Waals surface area contributed by atoms with E-state index < -0.39 is 28.9 Å². The van der Waals surface area contributed by atoms with Gasteiger partial charge in [0.05, 0.1) is 37.4 Å². The fraction of sp³-hybridized carbons (Fsp3) is 0.310. The number of methoxy groups -OCH3 is 2. The Bertz CT molecular complexity index is 1430. The minimum absolute atomic E-state index is 0.00722. The molecule has 3 aromatic carbocycles. The molecule has 0 saturated carbocycles. The molecule has 1 unspecified atom stereocenters. The minimum Gasteiger partial charge on any atom is -0.494 e. The predicted molar refractivity (Wildman–Crippen MR) is 139 cm³/mol. The zero-order valence-electron chi connectivity index (χ0n) is 21.7. The topological polar surface area (TPSA) is 71.8 Å². The Kier molecular flexibility index (Phi) is 7.26. The van der Waals surface area contributed by atoms with Crippen LogP contribution in [0.15, 0.2) is 48.5 Å². The molecule has 0 aromatic heterocycles. The Morgan fingerprint density at radius 3 is 2.42 bits per heavy atom. The smallest absolute Gasteiger partial charge is 0.410 e. The highest BCUT2D eigenvalue weighted by Gasteiger charge is 2.47. The number of ether oxygens (including phenoxy) is 3. The third kappa shape index (κ3) is 4.63. The summed E-state index contributed by atoms with van der Waals surface area (Å²) in [6.45, 7) is 5.61. The number of nitrogens with zero attached hydrogens (tertiary/aromatic N) is 2. The van der Waals surface area contributed by atoms with Crippen LogP contribution in [0.25, 0.3) is 11.1 Å². The van der Waals surface area contributed by atoms with Gasteiger partial charge in [0.2, 0.25) is 0 Å². The van der Waals surface area contributed by atoms with E-state index in [2.05, 4.69) is 0 Å². The highest BCUT2D eigenvalue weighted by Crippen LogP contribution is 2.51. The zero-order valence-corrected chi connectivity index (χ0v) is 22.5. The second kappa shape index (κ2) is 10.1. The van der Waals surface area contributed by atoms with E-state index in [1.165, 1.54) is 31.3 Å². The molecule has 1 heterocycles. The van der Waals surface area contributed by atoms with E-state index in [-0.39, 0.29) is 46.2 Å². The first-order chi connectivity index (χ1) is 18.0. The van der Waals surface area contributed by atoms with Gasteiger partial charge in [-0.15, -0.1) is 0 Å². The van der Waals surface area contributed by atoms with Gasteiger partial charge >= 0.3 is 6.09 Å². The molecular formula is C29H27ClF2N2O4. The fourth-order valence-corrected chi connectivity index (χ4v) is 5.04. The second-order valence-corrected chi connectivity index (χ2v) is 10.4. The maximum atomic E-state index is 15.7. The predicted octanol–water partition coefficient (Wildman–Crippen LogP) is 6.86. The quantitative estimate of drug-likeness (QED) is 0.353. The summed E-state index contributed by atoms with van der Waals surface area (Å²) in [5, 5.41) is 9.42. The Morgan fingerprint density at radius 2 is 1.84 bits per heavy atom. The largest absolute Gasteiger partial charge is 0.494 e. The van der Waals surface area contributed by atoms with Gasteiger partial charge in [0.25, 0.3) is 0 Å². The number of halogens is 3. The van der Waals surface area contributed by atoms with Crippen molar-refractivity contribution >= 4 is 17.7 Å². The monoisotopic (exact) mass is 540 g/mol. The van der Waals surface area contributed by atoms with Crippen LogP contribution in [0.2, 0.25) is 5.02 Å². The summed E-state index contributed by atoms with van der Waals surface area (Å²) >= 11 is 6.47. The van der Waals surface area contributed by atoms with Crippen molar-refractivity contribution in [3.8, 4) is 28.7 Å². The van der Waals surface area contributed by atoms with E-state index in [0.29, 0.717) is 11.1 Å². The molecule has 1 amide bonds. The molecule has 1 aliphatic rings. The van der Waals surface area contributed by atoms with Crippen molar-refractivity contribution in [2.24, 2.45) is 0 Å². The van der Waals surface area contributed by atoms with Crippen molar-refractivity contribution < 1.29 is 27.8 Å². The summed E-state index contributed by atoms with van der Waals surface area (Å²) in [5.74, 6) is -1.66. The van der Waals surface area contributed by atoms with Gasteiger partial charge in [-0.3, -0.25) is 4.90 Å². The van der Waals surface area contributed by atoms with Crippen LogP contribution in [-0.2, 0) is 16.8 Å². The van der Waals surface area contributed by atoms with E-state index in [9.17, 15) is 10.1 Å². The van der Waals surface area contributed by atoms with Gasteiger partial charge in [0.1, 0.15) is 11.6 Å². The Morgan fingerprint density at radius 1 is 1.16 bits per heavy atom. The molecule has 6 nitrogen and oxygen atoms in total. The van der Waals surface area contributed by atoms with E-state index in [0.717, 1.165) is 6.07 Å². The molecule has 0 N–H and O–H groups in total. The first kappa shape index (κ1) is 27.2. The number of rotatable bonds is 5. The number of carbonyl (C=O) groups is 1. The van der Waals surface area contributed by atoms with Crippen LogP contribution in [-0.4, -0.2) is 37.3 Å². The van der Waals surface area contributed by atoms with E-state index in [1.807, 2.05) is 57.2 Å². The first-order valence-electron chi connectivity index (χ1n) is 11.9. The van der Waals surface area contributed by atoms with Crippen LogP contribution in [0, 0.1) is 23.0 Å². The minimum atomic E-state index is -1.20. The Labute approximate surface area is 225 Å². The molecule has 1 atom stereocenters. The second-order valence-electron chi connectivity index (χ2n) is 10.0. The fourth-order valence-electron chi connectivity index (χ4n) is 4.78. The molecule has 0 bridgehead atoms. The molecule has 9 heteroatoms. The lowest BCUT2D eigenvalue weighted by Gasteiger charge is -2.41. The number of amides is 1. The molecule has 4 rings (SSSR count). The highest BCUT2D eigenvalue weighted by atomic mass is 35.5. The molecule has 3 aromatic rings. The van der Waals surface area contributed by atoms with Crippen LogP contribution < -0.4 is 9.47 Å². The van der Waals surface area contributed by atoms with Crippen molar-refractivity contribution in [2.75, 3.05) is 20.8 Å². The maximum absolute atomic E-state index is 15.7. The van der Waals surface area contributed by atoms with Crippen LogP contribution in [0.1, 0.15) is 37.5 Å². The van der Waals surface area contributed by atoms with Gasteiger partial charge in [-0.1, -0.05) is 41.9 Å². The molecule has 198 valence electrons. The SMILES string of the molecule is COC(=O)N(CC1(c2ccccc2)Cc2c(cc(F)c(Cl)c2-c2c(C#N)ccc(OC)c2F)O1)C(C)(C)C. The Balaban J connectivity index is 1.98. The lowest BCUT2D eigenvalue weighted by atomic mass is 9.84. The van der Waals surface area contributed by atoms with Crippen LogP contribution in [0.3, 0.4) is 0 Å². The van der Waals surface area contributed by atoms with Crippen molar-refractivity contribution in [1.29, 1.82) is 5.26 Å². The van der Waals surface area contributed by atoms with Crippen molar-refractivity contribution in [2.45, 2.75) is 38.3 Å². The lowest BCUT2D eigenvalue weighted by Crippen LogP contribution is -2.54. The number of benzene rings is 3. The summed E-state index contributed by atoms with van der Waals surface area (Å²) in [6.07, 6.45) is -0.463. The molecule has 0 spiro atoms. The average molecular weight is 541 g/mol. The Hall–Kier alpha value is -3.83. The van der Waals surface area contributed by atoms with Crippen LogP contribution >= 0.6 is 11.6 Å². The number of nitriles is 1. The van der Waals surface area contributed by atoms with Gasteiger partial charge in [0, 0.05) is 34.7 Å². The molecule has 0 radical (unpaired) electrons. The molecule has 0 fully saturated rings. The molecule has 0 aliphatic carbocycles. The molecule has 0 saturated heterocycles. The summed E-state index contributed by atoms with van der Waals surface area (Å²) in [6, 6.07) is 15.0. The third-order valence-electron chi connectivity index (χ3n) is 6.67. The zero-order chi connectivity index (χ0) is 27.8. The van der Waals surface area contributed by atoms with Gasteiger partial charge in [0.15, 0.2) is 17.2 Å². The van der Waals surface area contributed by atoms with Gasteiger partial charge in [-0.2, -0.15) is 5.26 Å². The van der Waals surface area contributed by atoms with Crippen molar-refractivity contribution in [3.05, 3.63) is 81.9 Å². The van der Waals surface area contributed by atoms with E-state index in [4.69, 9.17) is 25.8 Å². The van der Waals surface area contributed by atoms with Crippen LogP contribution in [0.5, 0.6) is 11.5 Å². The van der Waals surface area contributed by atoms with Gasteiger partial charge < -0.3 is 14.2 Å². The van der Waals surface area contributed by atoms with Gasteiger partial charge in [-0.05, 0) is 38.5 Å². The number of hydrogen-bond donors (Lipinski definition) is 0. The molecular weight excluding hydrogens is 514 g/mol. The van der Waals surface area contributed by atoms with Gasteiger partial charge in [-0.25, -0.2) is 13.6 Å². The number of fused-ring (bicyclic) bond motifs is 1. The summed E-state index contributed by atoms with van der Waals surface area (Å²) < 4.78 is 47.5. The first-order valence-corrected chi connectivity index (χ1v) is 12.2. The van der Waals surface area contributed by atoms with Crippen LogP contribution in [0.4, 0.5) is 13.6 Å². The lowest BCUT2D eigenvalue weighted by molar-refractivity contribution is 0.00833. The third-order valence-corrected chi connectivity index (χ3v) is 7.04. The van der Waals surface area contributed by atoms with Crippen molar-refractivity contribution in [3.63, 3.8) is 0 Å². The number of hydrogen-bond acceptors (Lipinski definition) is 5. The normalized spacial score (nSPS) is 16.3. The average Bonchev–Trinajstić information content (AvgIpc) is 3.26. The highest BCUT2D eigenvalue weighted by molar-refractivity contribution is 6.34. The van der Waals surface area contributed by atoms with E-state index >= 15 is 8.78 Å². The van der Waals surface area contributed by atoms with E-state index in [1.54, 1.807) is 0 Å². The molecule has 38 heavy (non-hydrogen) atoms. The summed E-state index contributed by atoms with van der Waals surface area (Å²) in [7, 11) is 2.59. The molecule has 1 aliphatic heterocycles. The van der Waals surface area contributed by atoms with Crippen molar-refractivity contribution in [1.82, 2.24) is 4.90 Å². The standard InChI is InChI=1S/C29H27ClF2N2O4/c1-28(2,3)34(27(35)37-5)16-29(18-9-7-6-8-10-18)14-19-22(38-29)13-20(31)25(30)24(19)23-17(15-33)11-12-21(36-4)26(23)32/h6-13H,14,16H2,1-5H3. The summed E-state index contributed by atoms with van der Waals surface area (Å²) in [4.78, 5) is 14.4. The number of carbonyl (C=O) groups excluding carboxylic acids is 1. The summed E-state index contributed by atoms with van der Waals surface area (Å²) in [5.41, 5.74) is -0.953. The maximum Gasteiger partial charge on any atom is 0.410 e.